The Morgan fingerprint density at radius 2 is 1.95 bits per heavy atom. The first kappa shape index (κ1) is 12.9. The number of nitrogens with two attached hydrogens (primary N) is 1. The second-order valence-corrected chi connectivity index (χ2v) is 5.49. The molecule has 1 aliphatic rings. The van der Waals surface area contributed by atoms with Gasteiger partial charge in [-0.05, 0) is 45.2 Å². The summed E-state index contributed by atoms with van der Waals surface area (Å²) in [5.74, 6) is 2.24. The van der Waals surface area contributed by atoms with Crippen LogP contribution in [0.25, 0.3) is 0 Å². The molecule has 0 radical (unpaired) electrons. The number of benzene rings is 1. The van der Waals surface area contributed by atoms with E-state index in [0.717, 1.165) is 36.6 Å². The van der Waals surface area contributed by atoms with E-state index >= 15 is 0 Å². The molecule has 0 unspecified atom stereocenters. The van der Waals surface area contributed by atoms with Crippen molar-refractivity contribution in [2.24, 2.45) is 0 Å². The van der Waals surface area contributed by atoms with Gasteiger partial charge in [-0.25, -0.2) is 9.97 Å². The number of nitrogen functional groups attached to an aromatic ring is 1. The minimum absolute atomic E-state index is 0.576. The highest BCUT2D eigenvalue weighted by atomic mass is 15.2. The van der Waals surface area contributed by atoms with Crippen molar-refractivity contribution in [1.29, 1.82) is 0 Å². The van der Waals surface area contributed by atoms with E-state index in [9.17, 15) is 0 Å². The molecule has 0 saturated heterocycles. The van der Waals surface area contributed by atoms with E-state index in [2.05, 4.69) is 40.0 Å². The monoisotopic (exact) mass is 268 g/mol. The quantitative estimate of drug-likeness (QED) is 0.863. The molecule has 2 N–H and O–H groups in total. The molecule has 0 fully saturated rings. The van der Waals surface area contributed by atoms with Crippen LogP contribution in [0.1, 0.15) is 28.9 Å². The molecule has 0 aliphatic carbocycles. The van der Waals surface area contributed by atoms with Crippen molar-refractivity contribution < 1.29 is 0 Å². The molecule has 2 heterocycles. The third-order valence-corrected chi connectivity index (χ3v) is 3.88. The average Bonchev–Trinajstić information content (AvgIpc) is 2.42. The van der Waals surface area contributed by atoms with Gasteiger partial charge < -0.3 is 10.6 Å². The number of anilines is 3. The fourth-order valence-electron chi connectivity index (χ4n) is 2.84. The molecule has 20 heavy (non-hydrogen) atoms. The Hall–Kier alpha value is -2.10. The summed E-state index contributed by atoms with van der Waals surface area (Å²) in [6.45, 7) is 7.00. The first-order valence-corrected chi connectivity index (χ1v) is 7.04. The maximum Gasteiger partial charge on any atom is 0.141 e. The van der Waals surface area contributed by atoms with Crippen LogP contribution in [0.3, 0.4) is 0 Å². The predicted molar refractivity (Wildman–Crippen MR) is 82.4 cm³/mol. The third kappa shape index (κ3) is 2.11. The van der Waals surface area contributed by atoms with Crippen LogP contribution in [0.4, 0.5) is 17.3 Å². The van der Waals surface area contributed by atoms with Gasteiger partial charge in [0.1, 0.15) is 17.5 Å². The molecule has 0 spiro atoms. The fourth-order valence-corrected chi connectivity index (χ4v) is 2.84. The van der Waals surface area contributed by atoms with E-state index in [4.69, 9.17) is 5.73 Å². The van der Waals surface area contributed by atoms with Gasteiger partial charge in [-0.3, -0.25) is 0 Å². The average molecular weight is 268 g/mol. The number of fused-ring (bicyclic) bond motifs is 1. The SMILES string of the molecule is Cc1ccc2c(c1)CCCN2c1nc(C)nc(N)c1C. The molecule has 0 atom stereocenters. The van der Waals surface area contributed by atoms with E-state index in [1.165, 1.54) is 16.8 Å². The standard InChI is InChI=1S/C16H20N4/c1-10-6-7-14-13(9-10)5-4-8-20(14)16-11(2)15(17)18-12(3)19-16/h6-7,9H,4-5,8H2,1-3H3,(H2,17,18,19). The molecule has 0 saturated carbocycles. The van der Waals surface area contributed by atoms with Gasteiger partial charge in [0.05, 0.1) is 0 Å². The number of hydrogen-bond acceptors (Lipinski definition) is 4. The van der Waals surface area contributed by atoms with Crippen LogP contribution >= 0.6 is 0 Å². The van der Waals surface area contributed by atoms with Crippen LogP contribution in [0.2, 0.25) is 0 Å². The Kier molecular flexibility index (Phi) is 3.08. The predicted octanol–water partition coefficient (Wildman–Crippen LogP) is 3.07. The Bertz CT molecular complexity index is 664. The molecule has 2 aromatic rings. The normalized spacial score (nSPS) is 14.2. The highest BCUT2D eigenvalue weighted by Gasteiger charge is 2.22. The summed E-state index contributed by atoms with van der Waals surface area (Å²) in [4.78, 5) is 11.1. The summed E-state index contributed by atoms with van der Waals surface area (Å²) >= 11 is 0. The van der Waals surface area contributed by atoms with Crippen LogP contribution in [0.15, 0.2) is 18.2 Å². The lowest BCUT2D eigenvalue weighted by Gasteiger charge is -2.32. The summed E-state index contributed by atoms with van der Waals surface area (Å²) in [5.41, 5.74) is 10.9. The molecule has 4 heteroatoms. The smallest absolute Gasteiger partial charge is 0.141 e. The van der Waals surface area contributed by atoms with Crippen LogP contribution in [0.5, 0.6) is 0 Å². The number of hydrogen-bond donors (Lipinski definition) is 1. The van der Waals surface area contributed by atoms with Gasteiger partial charge in [0, 0.05) is 17.8 Å². The Morgan fingerprint density at radius 3 is 2.75 bits per heavy atom. The van der Waals surface area contributed by atoms with Crippen LogP contribution in [-0.4, -0.2) is 16.5 Å². The van der Waals surface area contributed by atoms with Gasteiger partial charge in [-0.2, -0.15) is 0 Å². The molecule has 3 rings (SSSR count). The first-order chi connectivity index (χ1) is 9.56. The van der Waals surface area contributed by atoms with E-state index in [1.807, 2.05) is 13.8 Å². The third-order valence-electron chi connectivity index (χ3n) is 3.88. The second-order valence-electron chi connectivity index (χ2n) is 5.49. The van der Waals surface area contributed by atoms with Crippen molar-refractivity contribution >= 4 is 17.3 Å². The zero-order valence-corrected chi connectivity index (χ0v) is 12.3. The maximum absolute atomic E-state index is 5.99. The summed E-state index contributed by atoms with van der Waals surface area (Å²) in [6, 6.07) is 6.62. The topological polar surface area (TPSA) is 55.0 Å². The van der Waals surface area contributed by atoms with Gasteiger partial charge >= 0.3 is 0 Å². The van der Waals surface area contributed by atoms with Gasteiger partial charge in [-0.15, -0.1) is 0 Å². The van der Waals surface area contributed by atoms with E-state index < -0.39 is 0 Å². The van der Waals surface area contributed by atoms with Crippen LogP contribution in [0, 0.1) is 20.8 Å². The lowest BCUT2D eigenvalue weighted by molar-refractivity contribution is 0.754. The zero-order valence-electron chi connectivity index (χ0n) is 12.3. The van der Waals surface area contributed by atoms with Crippen molar-refractivity contribution in [2.75, 3.05) is 17.2 Å². The van der Waals surface area contributed by atoms with Gasteiger partial charge in [0.25, 0.3) is 0 Å². The maximum atomic E-state index is 5.99. The number of nitrogens with zero attached hydrogens (tertiary/aromatic N) is 3. The van der Waals surface area contributed by atoms with Crippen molar-refractivity contribution in [3.8, 4) is 0 Å². The molecule has 1 aromatic heterocycles. The van der Waals surface area contributed by atoms with Crippen molar-refractivity contribution in [2.45, 2.75) is 33.6 Å². The van der Waals surface area contributed by atoms with Crippen LogP contribution in [-0.2, 0) is 6.42 Å². The molecule has 1 aliphatic heterocycles. The molecule has 104 valence electrons. The summed E-state index contributed by atoms with van der Waals surface area (Å²) in [5, 5.41) is 0. The van der Waals surface area contributed by atoms with E-state index in [-0.39, 0.29) is 0 Å². The molecule has 1 aromatic carbocycles. The van der Waals surface area contributed by atoms with Crippen molar-refractivity contribution in [3.63, 3.8) is 0 Å². The summed E-state index contributed by atoms with van der Waals surface area (Å²) < 4.78 is 0. The highest BCUT2D eigenvalue weighted by Crippen LogP contribution is 2.35. The van der Waals surface area contributed by atoms with Gasteiger partial charge in [0.2, 0.25) is 0 Å². The van der Waals surface area contributed by atoms with Crippen molar-refractivity contribution in [3.05, 3.63) is 40.7 Å². The molecule has 0 bridgehead atoms. The molecule has 4 nitrogen and oxygen atoms in total. The largest absolute Gasteiger partial charge is 0.383 e. The Labute approximate surface area is 119 Å². The molecular weight excluding hydrogens is 248 g/mol. The lowest BCUT2D eigenvalue weighted by Crippen LogP contribution is -2.27. The summed E-state index contributed by atoms with van der Waals surface area (Å²) in [7, 11) is 0. The minimum Gasteiger partial charge on any atom is -0.383 e. The van der Waals surface area contributed by atoms with Gasteiger partial charge in [0.15, 0.2) is 0 Å². The van der Waals surface area contributed by atoms with Crippen LogP contribution < -0.4 is 10.6 Å². The first-order valence-electron chi connectivity index (χ1n) is 7.04. The zero-order chi connectivity index (χ0) is 14.3. The second kappa shape index (κ2) is 4.78. The number of rotatable bonds is 1. The summed E-state index contributed by atoms with van der Waals surface area (Å²) in [6.07, 6.45) is 2.27. The molecule has 0 amide bonds. The fraction of sp³-hybridized carbons (Fsp3) is 0.375. The van der Waals surface area contributed by atoms with E-state index in [0.29, 0.717) is 5.82 Å². The lowest BCUT2D eigenvalue weighted by atomic mass is 9.99. The highest BCUT2D eigenvalue weighted by molar-refractivity contribution is 5.70. The number of aromatic nitrogens is 2. The molecular formula is C16H20N4. The van der Waals surface area contributed by atoms with Crippen molar-refractivity contribution in [1.82, 2.24) is 9.97 Å². The Balaban J connectivity index is 2.14. The Morgan fingerprint density at radius 1 is 1.15 bits per heavy atom. The minimum atomic E-state index is 0.576. The van der Waals surface area contributed by atoms with Gasteiger partial charge in [-0.1, -0.05) is 17.7 Å². The number of aryl methyl sites for hydroxylation is 3. The van der Waals surface area contributed by atoms with E-state index in [1.54, 1.807) is 0 Å².